The van der Waals surface area contributed by atoms with Crippen molar-refractivity contribution in [1.29, 1.82) is 0 Å². The Morgan fingerprint density at radius 2 is 1.48 bits per heavy atom. The van der Waals surface area contributed by atoms with E-state index < -0.39 is 0 Å². The zero-order valence-corrected chi connectivity index (χ0v) is 16.1. The monoisotopic (exact) mass is 388 g/mol. The number of carbonyl (C=O) groups is 1. The van der Waals surface area contributed by atoms with E-state index in [2.05, 4.69) is 15.5 Å². The molecule has 146 valence electrons. The fourth-order valence-corrected chi connectivity index (χ4v) is 2.96. The number of hydrogen-bond donors (Lipinski definition) is 1. The van der Waals surface area contributed by atoms with E-state index in [1.54, 1.807) is 19.0 Å². The van der Waals surface area contributed by atoms with Crippen molar-refractivity contribution in [3.63, 3.8) is 0 Å². The standard InChI is InChI=1S/C22H20N4O3/c1-28-18-8-3-15(4-9-18)13-22(27)23-16-5-12-20-21(14-16)25-26(24-20)17-6-10-19(29-2)11-7-17/h3-12,14H,13H2,1-2H3,(H,23,27). The summed E-state index contributed by atoms with van der Waals surface area (Å²) < 4.78 is 10.3. The molecule has 7 nitrogen and oxygen atoms in total. The van der Waals surface area contributed by atoms with Crippen LogP contribution in [0.25, 0.3) is 16.7 Å². The molecule has 0 aliphatic carbocycles. The lowest BCUT2D eigenvalue weighted by molar-refractivity contribution is -0.115. The van der Waals surface area contributed by atoms with Crippen molar-refractivity contribution in [1.82, 2.24) is 15.0 Å². The Morgan fingerprint density at radius 1 is 0.862 bits per heavy atom. The largest absolute Gasteiger partial charge is 0.497 e. The van der Waals surface area contributed by atoms with Crippen molar-refractivity contribution in [2.75, 3.05) is 19.5 Å². The van der Waals surface area contributed by atoms with Crippen LogP contribution in [-0.4, -0.2) is 35.1 Å². The summed E-state index contributed by atoms with van der Waals surface area (Å²) in [7, 11) is 3.24. The fourth-order valence-electron chi connectivity index (χ4n) is 2.96. The summed E-state index contributed by atoms with van der Waals surface area (Å²) in [6.45, 7) is 0. The second-order valence-corrected chi connectivity index (χ2v) is 6.46. The number of aromatic nitrogens is 3. The van der Waals surface area contributed by atoms with Gasteiger partial charge in [-0.3, -0.25) is 4.79 Å². The molecule has 1 heterocycles. The minimum Gasteiger partial charge on any atom is -0.497 e. The van der Waals surface area contributed by atoms with Crippen molar-refractivity contribution in [2.45, 2.75) is 6.42 Å². The molecule has 0 aliphatic heterocycles. The smallest absolute Gasteiger partial charge is 0.228 e. The maximum absolute atomic E-state index is 12.4. The number of carbonyl (C=O) groups excluding carboxylic acids is 1. The van der Waals surface area contributed by atoms with Crippen LogP contribution in [0.1, 0.15) is 5.56 Å². The van der Waals surface area contributed by atoms with E-state index in [9.17, 15) is 4.79 Å². The first kappa shape index (κ1) is 18.5. The molecule has 1 amide bonds. The summed E-state index contributed by atoms with van der Waals surface area (Å²) >= 11 is 0. The number of methoxy groups -OCH3 is 2. The first-order chi connectivity index (χ1) is 14.1. The van der Waals surface area contributed by atoms with Crippen LogP contribution in [0.15, 0.2) is 66.7 Å². The molecule has 7 heteroatoms. The summed E-state index contributed by atoms with van der Waals surface area (Å²) in [5, 5.41) is 11.9. The molecule has 3 aromatic carbocycles. The molecule has 0 unspecified atom stereocenters. The third kappa shape index (κ3) is 4.19. The fraction of sp³-hybridized carbons (Fsp3) is 0.136. The third-order valence-corrected chi connectivity index (χ3v) is 4.49. The lowest BCUT2D eigenvalue weighted by Crippen LogP contribution is -2.14. The van der Waals surface area contributed by atoms with Crippen LogP contribution in [-0.2, 0) is 11.2 Å². The van der Waals surface area contributed by atoms with Crippen LogP contribution in [0, 0.1) is 0 Å². The topological polar surface area (TPSA) is 78.3 Å². The van der Waals surface area contributed by atoms with Gasteiger partial charge in [0.15, 0.2) is 0 Å². The van der Waals surface area contributed by atoms with Crippen molar-refractivity contribution < 1.29 is 14.3 Å². The number of amides is 1. The lowest BCUT2D eigenvalue weighted by Gasteiger charge is -2.06. The molecule has 0 spiro atoms. The van der Waals surface area contributed by atoms with Crippen LogP contribution in [0.5, 0.6) is 11.5 Å². The van der Waals surface area contributed by atoms with Gasteiger partial charge in [0.2, 0.25) is 5.91 Å². The van der Waals surface area contributed by atoms with E-state index >= 15 is 0 Å². The van der Waals surface area contributed by atoms with Gasteiger partial charge in [-0.1, -0.05) is 12.1 Å². The highest BCUT2D eigenvalue weighted by atomic mass is 16.5. The predicted molar refractivity (Wildman–Crippen MR) is 111 cm³/mol. The predicted octanol–water partition coefficient (Wildman–Crippen LogP) is 3.62. The molecule has 0 aliphatic rings. The van der Waals surface area contributed by atoms with Crippen LogP contribution in [0.2, 0.25) is 0 Å². The molecule has 0 fully saturated rings. The van der Waals surface area contributed by atoms with Crippen molar-refractivity contribution >= 4 is 22.6 Å². The number of benzene rings is 3. The van der Waals surface area contributed by atoms with Crippen LogP contribution < -0.4 is 14.8 Å². The van der Waals surface area contributed by atoms with E-state index in [4.69, 9.17) is 9.47 Å². The number of fused-ring (bicyclic) bond motifs is 1. The van der Waals surface area contributed by atoms with Gasteiger partial charge in [-0.25, -0.2) is 0 Å². The molecule has 4 rings (SSSR count). The Morgan fingerprint density at radius 3 is 2.14 bits per heavy atom. The highest BCUT2D eigenvalue weighted by Gasteiger charge is 2.09. The van der Waals surface area contributed by atoms with Gasteiger partial charge in [0, 0.05) is 5.69 Å². The summed E-state index contributed by atoms with van der Waals surface area (Å²) in [5.74, 6) is 1.43. The maximum atomic E-state index is 12.4. The zero-order chi connectivity index (χ0) is 20.2. The van der Waals surface area contributed by atoms with E-state index in [0.717, 1.165) is 28.3 Å². The van der Waals surface area contributed by atoms with Gasteiger partial charge in [0.05, 0.1) is 26.3 Å². The van der Waals surface area contributed by atoms with Crippen molar-refractivity contribution in [3.8, 4) is 17.2 Å². The van der Waals surface area contributed by atoms with Gasteiger partial charge in [-0.2, -0.15) is 4.80 Å². The summed E-state index contributed by atoms with van der Waals surface area (Å²) in [5.41, 5.74) is 3.86. The molecule has 4 aromatic rings. The SMILES string of the molecule is COc1ccc(CC(=O)Nc2ccc3nn(-c4ccc(OC)cc4)nc3c2)cc1. The Hall–Kier alpha value is -3.87. The molecule has 0 atom stereocenters. The molecule has 0 saturated carbocycles. The van der Waals surface area contributed by atoms with Gasteiger partial charge >= 0.3 is 0 Å². The molecular weight excluding hydrogens is 368 g/mol. The first-order valence-electron chi connectivity index (χ1n) is 9.09. The first-order valence-corrected chi connectivity index (χ1v) is 9.09. The molecular formula is C22H20N4O3. The highest BCUT2D eigenvalue weighted by Crippen LogP contribution is 2.19. The lowest BCUT2D eigenvalue weighted by atomic mass is 10.1. The molecule has 0 radical (unpaired) electrons. The number of hydrogen-bond acceptors (Lipinski definition) is 5. The van der Waals surface area contributed by atoms with E-state index in [1.165, 1.54) is 0 Å². The third-order valence-electron chi connectivity index (χ3n) is 4.49. The summed E-state index contributed by atoms with van der Waals surface area (Å²) in [6, 6.07) is 20.4. The van der Waals surface area contributed by atoms with Crippen molar-refractivity contribution in [2.24, 2.45) is 0 Å². The maximum Gasteiger partial charge on any atom is 0.228 e. The van der Waals surface area contributed by atoms with Gasteiger partial charge in [-0.05, 0) is 60.2 Å². The number of nitrogens with one attached hydrogen (secondary N) is 1. The van der Waals surface area contributed by atoms with Crippen molar-refractivity contribution in [3.05, 3.63) is 72.3 Å². The normalized spacial score (nSPS) is 10.7. The number of nitrogens with zero attached hydrogens (tertiary/aromatic N) is 3. The van der Waals surface area contributed by atoms with E-state index in [1.807, 2.05) is 66.7 Å². The van der Waals surface area contributed by atoms with Gasteiger partial charge in [0.25, 0.3) is 0 Å². The van der Waals surface area contributed by atoms with Crippen LogP contribution in [0.4, 0.5) is 5.69 Å². The second kappa shape index (κ2) is 8.02. The zero-order valence-electron chi connectivity index (χ0n) is 16.1. The van der Waals surface area contributed by atoms with Gasteiger partial charge < -0.3 is 14.8 Å². The minimum atomic E-state index is -0.0999. The quantitative estimate of drug-likeness (QED) is 0.546. The average molecular weight is 388 g/mol. The van der Waals surface area contributed by atoms with Gasteiger partial charge in [-0.15, -0.1) is 10.2 Å². The molecule has 0 bridgehead atoms. The van der Waals surface area contributed by atoms with E-state index in [0.29, 0.717) is 11.2 Å². The number of anilines is 1. The summed E-state index contributed by atoms with van der Waals surface area (Å²) in [6.07, 6.45) is 0.278. The van der Waals surface area contributed by atoms with Crippen LogP contribution in [0.3, 0.4) is 0 Å². The number of ether oxygens (including phenoxy) is 2. The Labute approximate surface area is 167 Å². The minimum absolute atomic E-state index is 0.0999. The molecule has 0 saturated heterocycles. The summed E-state index contributed by atoms with van der Waals surface area (Å²) in [4.78, 5) is 13.9. The van der Waals surface area contributed by atoms with Crippen LogP contribution >= 0.6 is 0 Å². The van der Waals surface area contributed by atoms with E-state index in [-0.39, 0.29) is 12.3 Å². The number of rotatable bonds is 6. The molecule has 29 heavy (non-hydrogen) atoms. The highest BCUT2D eigenvalue weighted by molar-refractivity contribution is 5.94. The molecule has 1 aromatic heterocycles. The average Bonchev–Trinajstić information content (AvgIpc) is 3.17. The Bertz CT molecular complexity index is 1140. The second-order valence-electron chi connectivity index (χ2n) is 6.46. The Balaban J connectivity index is 1.48. The Kier molecular flexibility index (Phi) is 5.11. The van der Waals surface area contributed by atoms with Gasteiger partial charge in [0.1, 0.15) is 22.5 Å². The molecule has 1 N–H and O–H groups in total.